The molecule has 4 nitrogen and oxygen atoms in total. The fraction of sp³-hybridized carbons (Fsp3) is 0.500. The number of hydrogen-bond acceptors (Lipinski definition) is 2. The van der Waals surface area contributed by atoms with E-state index >= 15 is 0 Å². The molecule has 0 atom stereocenters. The Bertz CT molecular complexity index is 383. The molecule has 2 N–H and O–H groups in total. The topological polar surface area (TPSA) is 50.4 Å². The maximum atomic E-state index is 11.3. The van der Waals surface area contributed by atoms with E-state index in [1.807, 2.05) is 45.9 Å². The van der Waals surface area contributed by atoms with E-state index in [9.17, 15) is 4.79 Å². The highest BCUT2D eigenvalue weighted by Gasteiger charge is 2.04. The van der Waals surface area contributed by atoms with Gasteiger partial charge in [0.25, 0.3) is 0 Å². The fourth-order valence-corrected chi connectivity index (χ4v) is 1.66. The lowest BCUT2D eigenvalue weighted by molar-refractivity contribution is 0.234. The van der Waals surface area contributed by atoms with Crippen LogP contribution in [0.15, 0.2) is 18.2 Å². The number of rotatable bonds is 5. The summed E-state index contributed by atoms with van der Waals surface area (Å²) in [5.74, 6) is 0.906. The molecular formula is C14H22N2O2. The van der Waals surface area contributed by atoms with Crippen LogP contribution in [-0.2, 0) is 0 Å². The van der Waals surface area contributed by atoms with Crippen LogP contribution in [0.3, 0.4) is 0 Å². The maximum Gasteiger partial charge on any atom is 0.315 e. The van der Waals surface area contributed by atoms with Crippen LogP contribution in [-0.4, -0.2) is 25.2 Å². The molecule has 0 heterocycles. The van der Waals surface area contributed by atoms with Gasteiger partial charge in [-0.05, 0) is 38.8 Å². The van der Waals surface area contributed by atoms with Crippen molar-refractivity contribution in [2.75, 3.05) is 13.2 Å². The number of hydrogen-bond donors (Lipinski definition) is 2. The lowest BCUT2D eigenvalue weighted by Gasteiger charge is -2.13. The monoisotopic (exact) mass is 250 g/mol. The molecule has 0 unspecified atom stereocenters. The van der Waals surface area contributed by atoms with Crippen LogP contribution in [0.1, 0.15) is 25.0 Å². The number of carbonyl (C=O) groups excluding carboxylic acids is 1. The zero-order valence-electron chi connectivity index (χ0n) is 11.5. The average molecular weight is 250 g/mol. The Morgan fingerprint density at radius 1 is 1.28 bits per heavy atom. The summed E-state index contributed by atoms with van der Waals surface area (Å²) in [6, 6.07) is 6.02. The quantitative estimate of drug-likeness (QED) is 0.788. The highest BCUT2D eigenvalue weighted by Crippen LogP contribution is 2.21. The van der Waals surface area contributed by atoms with E-state index in [1.165, 1.54) is 0 Å². The molecule has 0 aliphatic carbocycles. The summed E-state index contributed by atoms with van der Waals surface area (Å²) in [6.07, 6.45) is 0. The van der Waals surface area contributed by atoms with Crippen molar-refractivity contribution in [3.05, 3.63) is 29.3 Å². The summed E-state index contributed by atoms with van der Waals surface area (Å²) in [5.41, 5.74) is 2.23. The van der Waals surface area contributed by atoms with Gasteiger partial charge in [-0.3, -0.25) is 0 Å². The molecule has 0 bridgehead atoms. The average Bonchev–Trinajstić information content (AvgIpc) is 2.26. The molecule has 1 aromatic carbocycles. The van der Waals surface area contributed by atoms with Crippen LogP contribution in [0.2, 0.25) is 0 Å². The minimum Gasteiger partial charge on any atom is -0.491 e. The molecule has 18 heavy (non-hydrogen) atoms. The Labute approximate surface area is 109 Å². The molecule has 100 valence electrons. The van der Waals surface area contributed by atoms with Gasteiger partial charge >= 0.3 is 6.03 Å². The summed E-state index contributed by atoms with van der Waals surface area (Å²) in [7, 11) is 0. The lowest BCUT2D eigenvalue weighted by Crippen LogP contribution is -2.41. The van der Waals surface area contributed by atoms with E-state index in [0.29, 0.717) is 13.2 Å². The van der Waals surface area contributed by atoms with Crippen LogP contribution >= 0.6 is 0 Å². The Morgan fingerprint density at radius 3 is 2.44 bits per heavy atom. The van der Waals surface area contributed by atoms with E-state index in [4.69, 9.17) is 4.74 Å². The first-order chi connectivity index (χ1) is 8.50. The van der Waals surface area contributed by atoms with Crippen molar-refractivity contribution in [2.45, 2.75) is 33.7 Å². The highest BCUT2D eigenvalue weighted by molar-refractivity contribution is 5.74. The van der Waals surface area contributed by atoms with Crippen molar-refractivity contribution in [3.8, 4) is 5.75 Å². The van der Waals surface area contributed by atoms with Gasteiger partial charge in [0.15, 0.2) is 0 Å². The number of amides is 2. The van der Waals surface area contributed by atoms with Gasteiger partial charge in [0.1, 0.15) is 12.4 Å². The first kappa shape index (κ1) is 14.4. The van der Waals surface area contributed by atoms with Gasteiger partial charge < -0.3 is 15.4 Å². The Morgan fingerprint density at radius 2 is 1.89 bits per heavy atom. The van der Waals surface area contributed by atoms with Crippen molar-refractivity contribution in [1.82, 2.24) is 10.6 Å². The predicted molar refractivity (Wildman–Crippen MR) is 73.1 cm³/mol. The smallest absolute Gasteiger partial charge is 0.315 e. The van der Waals surface area contributed by atoms with Crippen LogP contribution in [0.25, 0.3) is 0 Å². The first-order valence-corrected chi connectivity index (χ1v) is 6.24. The predicted octanol–water partition coefficient (Wildman–Crippen LogP) is 2.39. The Kier molecular flexibility index (Phi) is 5.49. The molecular weight excluding hydrogens is 228 g/mol. The molecule has 0 radical (unpaired) electrons. The van der Waals surface area contributed by atoms with Gasteiger partial charge in [-0.2, -0.15) is 0 Å². The minimum absolute atomic E-state index is 0.143. The second kappa shape index (κ2) is 6.89. The lowest BCUT2D eigenvalue weighted by atomic mass is 10.1. The summed E-state index contributed by atoms with van der Waals surface area (Å²) < 4.78 is 5.68. The first-order valence-electron chi connectivity index (χ1n) is 6.24. The molecule has 0 aliphatic heterocycles. The van der Waals surface area contributed by atoms with E-state index in [2.05, 4.69) is 10.6 Å². The molecule has 0 fully saturated rings. The molecule has 4 heteroatoms. The fourth-order valence-electron chi connectivity index (χ4n) is 1.66. The van der Waals surface area contributed by atoms with Gasteiger partial charge in [-0.25, -0.2) is 4.79 Å². The third-order valence-corrected chi connectivity index (χ3v) is 2.46. The molecule has 1 rings (SSSR count). The number of ether oxygens (including phenoxy) is 1. The summed E-state index contributed by atoms with van der Waals surface area (Å²) in [5, 5.41) is 5.51. The number of para-hydroxylation sites is 1. The van der Waals surface area contributed by atoms with E-state index in [0.717, 1.165) is 16.9 Å². The van der Waals surface area contributed by atoms with Crippen LogP contribution in [0.5, 0.6) is 5.75 Å². The summed E-state index contributed by atoms with van der Waals surface area (Å²) >= 11 is 0. The molecule has 0 aliphatic rings. The Hall–Kier alpha value is -1.71. The van der Waals surface area contributed by atoms with E-state index in [1.54, 1.807) is 0 Å². The second-order valence-electron chi connectivity index (χ2n) is 4.62. The maximum absolute atomic E-state index is 11.3. The van der Waals surface area contributed by atoms with Crippen molar-refractivity contribution >= 4 is 6.03 Å². The van der Waals surface area contributed by atoms with Crippen LogP contribution in [0, 0.1) is 13.8 Å². The Balaban J connectivity index is 2.32. The molecule has 0 aromatic heterocycles. The molecule has 0 saturated carbocycles. The number of aryl methyl sites for hydroxylation is 2. The second-order valence-corrected chi connectivity index (χ2v) is 4.62. The van der Waals surface area contributed by atoms with E-state index < -0.39 is 0 Å². The summed E-state index contributed by atoms with van der Waals surface area (Å²) in [4.78, 5) is 11.3. The normalized spacial score (nSPS) is 10.3. The molecule has 0 spiro atoms. The van der Waals surface area contributed by atoms with Crippen molar-refractivity contribution < 1.29 is 9.53 Å². The third-order valence-electron chi connectivity index (χ3n) is 2.46. The SMILES string of the molecule is Cc1cccc(C)c1OCCNC(=O)NC(C)C. The third kappa shape index (κ3) is 4.65. The number of nitrogens with one attached hydrogen (secondary N) is 2. The number of carbonyl (C=O) groups is 1. The van der Waals surface area contributed by atoms with Gasteiger partial charge in [0.2, 0.25) is 0 Å². The van der Waals surface area contributed by atoms with Gasteiger partial charge in [-0.1, -0.05) is 18.2 Å². The molecule has 0 saturated heterocycles. The highest BCUT2D eigenvalue weighted by atomic mass is 16.5. The molecule has 1 aromatic rings. The van der Waals surface area contributed by atoms with Crippen LogP contribution in [0.4, 0.5) is 4.79 Å². The van der Waals surface area contributed by atoms with Gasteiger partial charge in [0, 0.05) is 6.04 Å². The van der Waals surface area contributed by atoms with Gasteiger partial charge in [-0.15, -0.1) is 0 Å². The number of benzene rings is 1. The van der Waals surface area contributed by atoms with Crippen molar-refractivity contribution in [3.63, 3.8) is 0 Å². The molecule has 2 amide bonds. The van der Waals surface area contributed by atoms with Crippen molar-refractivity contribution in [2.24, 2.45) is 0 Å². The summed E-state index contributed by atoms with van der Waals surface area (Å²) in [6.45, 7) is 8.84. The zero-order valence-corrected chi connectivity index (χ0v) is 11.5. The minimum atomic E-state index is -0.157. The van der Waals surface area contributed by atoms with E-state index in [-0.39, 0.29) is 12.1 Å². The number of urea groups is 1. The van der Waals surface area contributed by atoms with Gasteiger partial charge in [0.05, 0.1) is 6.54 Å². The zero-order chi connectivity index (χ0) is 13.5. The largest absolute Gasteiger partial charge is 0.491 e. The van der Waals surface area contributed by atoms with Crippen LogP contribution < -0.4 is 15.4 Å². The van der Waals surface area contributed by atoms with Crippen molar-refractivity contribution in [1.29, 1.82) is 0 Å². The standard InChI is InChI=1S/C14H22N2O2/c1-10(2)16-14(17)15-8-9-18-13-11(3)6-5-7-12(13)4/h5-7,10H,8-9H2,1-4H3,(H2,15,16,17).